The highest BCUT2D eigenvalue weighted by atomic mass is 16.6. The van der Waals surface area contributed by atoms with E-state index >= 15 is 0 Å². The molecular formula is C19H28N4O3. The molecule has 0 unspecified atom stereocenters. The number of nitrogens with two attached hydrogens (primary N) is 1. The molecule has 142 valence electrons. The van der Waals surface area contributed by atoms with Crippen LogP contribution in [0.3, 0.4) is 0 Å². The minimum absolute atomic E-state index is 0.401. The van der Waals surface area contributed by atoms with Crippen molar-refractivity contribution >= 4 is 11.9 Å². The van der Waals surface area contributed by atoms with Crippen molar-refractivity contribution in [2.45, 2.75) is 46.4 Å². The van der Waals surface area contributed by atoms with E-state index < -0.39 is 11.7 Å². The van der Waals surface area contributed by atoms with Gasteiger partial charge in [-0.3, -0.25) is 0 Å². The molecule has 2 aromatic rings. The quantitative estimate of drug-likeness (QED) is 0.826. The van der Waals surface area contributed by atoms with E-state index in [9.17, 15) is 4.79 Å². The number of anilines is 1. The first-order valence-corrected chi connectivity index (χ1v) is 8.59. The average Bonchev–Trinajstić information content (AvgIpc) is 2.85. The van der Waals surface area contributed by atoms with Gasteiger partial charge in [0.05, 0.1) is 18.8 Å². The lowest BCUT2D eigenvalue weighted by Gasteiger charge is -2.19. The molecule has 26 heavy (non-hydrogen) atoms. The van der Waals surface area contributed by atoms with E-state index in [1.165, 1.54) is 0 Å². The van der Waals surface area contributed by atoms with E-state index in [0.717, 1.165) is 22.4 Å². The molecule has 1 aromatic carbocycles. The van der Waals surface area contributed by atoms with Crippen molar-refractivity contribution in [1.82, 2.24) is 15.1 Å². The van der Waals surface area contributed by atoms with Crippen LogP contribution in [0.2, 0.25) is 0 Å². The van der Waals surface area contributed by atoms with Crippen molar-refractivity contribution in [2.24, 2.45) is 0 Å². The number of methoxy groups -OCH3 is 1. The maximum absolute atomic E-state index is 11.7. The number of amides is 1. The van der Waals surface area contributed by atoms with Gasteiger partial charge in [-0.05, 0) is 33.3 Å². The molecule has 0 atom stereocenters. The summed E-state index contributed by atoms with van der Waals surface area (Å²) in [4.78, 5) is 11.7. The Bertz CT molecular complexity index is 745. The van der Waals surface area contributed by atoms with Crippen molar-refractivity contribution in [2.75, 3.05) is 19.5 Å². The molecule has 1 heterocycles. The maximum atomic E-state index is 11.7. The van der Waals surface area contributed by atoms with E-state index in [2.05, 4.69) is 10.4 Å². The zero-order valence-corrected chi connectivity index (χ0v) is 16.1. The molecule has 2 rings (SSSR count). The smallest absolute Gasteiger partial charge is 0.407 e. The van der Waals surface area contributed by atoms with Gasteiger partial charge >= 0.3 is 6.09 Å². The fourth-order valence-electron chi connectivity index (χ4n) is 2.46. The molecule has 0 saturated heterocycles. The summed E-state index contributed by atoms with van der Waals surface area (Å²) in [6.45, 7) is 9.03. The van der Waals surface area contributed by atoms with Crippen LogP contribution in [0.25, 0.3) is 11.3 Å². The first kappa shape index (κ1) is 19.8. The molecule has 0 radical (unpaired) electrons. The fourth-order valence-corrected chi connectivity index (χ4v) is 2.46. The first-order chi connectivity index (χ1) is 12.2. The van der Waals surface area contributed by atoms with Crippen LogP contribution in [-0.2, 0) is 22.6 Å². The number of nitrogen functional groups attached to an aromatic ring is 1. The first-order valence-electron chi connectivity index (χ1n) is 8.59. The molecule has 0 aliphatic carbocycles. The maximum Gasteiger partial charge on any atom is 0.407 e. The second kappa shape index (κ2) is 8.23. The third-order valence-corrected chi connectivity index (χ3v) is 3.81. The Morgan fingerprint density at radius 2 is 1.92 bits per heavy atom. The Labute approximate surface area is 154 Å². The monoisotopic (exact) mass is 360 g/mol. The van der Waals surface area contributed by atoms with Crippen LogP contribution < -0.4 is 11.1 Å². The molecule has 3 N–H and O–H groups in total. The minimum Gasteiger partial charge on any atom is -0.444 e. The number of ether oxygens (including phenoxy) is 2. The normalized spacial score (nSPS) is 11.4. The molecule has 1 amide bonds. The summed E-state index contributed by atoms with van der Waals surface area (Å²) < 4.78 is 12.1. The van der Waals surface area contributed by atoms with Crippen molar-refractivity contribution < 1.29 is 14.3 Å². The summed E-state index contributed by atoms with van der Waals surface area (Å²) in [5.41, 5.74) is 9.37. The molecule has 0 saturated carbocycles. The molecule has 0 aliphatic heterocycles. The standard InChI is InChI=1S/C19H28N4O3/c1-13-16(22-23(17(13)20)10-11-25-5)15-8-6-14(7-9-15)12-21-18(24)26-19(2,3)4/h6-9H,10-12,20H2,1-5H3,(H,21,24). The number of nitrogens with zero attached hydrogens (tertiary/aromatic N) is 2. The van der Waals surface area contributed by atoms with Gasteiger partial charge in [0.15, 0.2) is 0 Å². The molecule has 0 aliphatic rings. The van der Waals surface area contributed by atoms with Crippen molar-refractivity contribution in [3.63, 3.8) is 0 Å². The van der Waals surface area contributed by atoms with Crippen LogP contribution >= 0.6 is 0 Å². The number of nitrogens with one attached hydrogen (secondary N) is 1. The Morgan fingerprint density at radius 1 is 1.27 bits per heavy atom. The van der Waals surface area contributed by atoms with Crippen molar-refractivity contribution in [1.29, 1.82) is 0 Å². The van der Waals surface area contributed by atoms with Gasteiger partial charge in [0.25, 0.3) is 0 Å². The summed E-state index contributed by atoms with van der Waals surface area (Å²) in [7, 11) is 1.65. The SMILES string of the molecule is COCCn1nc(-c2ccc(CNC(=O)OC(C)(C)C)cc2)c(C)c1N. The van der Waals surface area contributed by atoms with Crippen LogP contribution in [0.5, 0.6) is 0 Å². The number of hydrogen-bond donors (Lipinski definition) is 2. The molecule has 0 spiro atoms. The van der Waals surface area contributed by atoms with Gasteiger partial charge in [-0.15, -0.1) is 0 Å². The summed E-state index contributed by atoms with van der Waals surface area (Å²) in [5.74, 6) is 0.646. The Morgan fingerprint density at radius 3 is 2.50 bits per heavy atom. The summed E-state index contributed by atoms with van der Waals surface area (Å²) in [6.07, 6.45) is -0.429. The second-order valence-electron chi connectivity index (χ2n) is 7.13. The highest BCUT2D eigenvalue weighted by molar-refractivity contribution is 5.69. The number of rotatable bonds is 6. The number of benzene rings is 1. The lowest BCUT2D eigenvalue weighted by molar-refractivity contribution is 0.0523. The Kier molecular flexibility index (Phi) is 6.26. The van der Waals surface area contributed by atoms with Crippen LogP contribution in [0.15, 0.2) is 24.3 Å². The third-order valence-electron chi connectivity index (χ3n) is 3.81. The topological polar surface area (TPSA) is 91.4 Å². The number of aromatic nitrogens is 2. The highest BCUT2D eigenvalue weighted by Crippen LogP contribution is 2.26. The van der Waals surface area contributed by atoms with E-state index in [1.54, 1.807) is 11.8 Å². The summed E-state index contributed by atoms with van der Waals surface area (Å²) in [5, 5.41) is 7.33. The zero-order chi connectivity index (χ0) is 19.3. The largest absolute Gasteiger partial charge is 0.444 e. The Balaban J connectivity index is 2.04. The van der Waals surface area contributed by atoms with Gasteiger partial charge in [0.1, 0.15) is 11.4 Å². The van der Waals surface area contributed by atoms with Gasteiger partial charge < -0.3 is 20.5 Å². The molecule has 1 aromatic heterocycles. The molecule has 7 heteroatoms. The van der Waals surface area contributed by atoms with Crippen LogP contribution in [0, 0.1) is 6.92 Å². The number of alkyl carbamates (subject to hydrolysis) is 1. The van der Waals surface area contributed by atoms with Gasteiger partial charge in [-0.1, -0.05) is 24.3 Å². The predicted octanol–water partition coefficient (Wildman–Crippen LogP) is 3.11. The lowest BCUT2D eigenvalue weighted by Crippen LogP contribution is -2.32. The predicted molar refractivity (Wildman–Crippen MR) is 102 cm³/mol. The van der Waals surface area contributed by atoms with Crippen molar-refractivity contribution in [3.05, 3.63) is 35.4 Å². The van der Waals surface area contributed by atoms with Crippen LogP contribution in [-0.4, -0.2) is 35.2 Å². The molecule has 0 fully saturated rings. The summed E-state index contributed by atoms with van der Waals surface area (Å²) >= 11 is 0. The third kappa shape index (κ3) is 5.23. The molecule has 0 bridgehead atoms. The van der Waals surface area contributed by atoms with E-state index in [4.69, 9.17) is 15.2 Å². The molecule has 7 nitrogen and oxygen atoms in total. The van der Waals surface area contributed by atoms with Gasteiger partial charge in [-0.2, -0.15) is 5.10 Å². The fraction of sp³-hybridized carbons (Fsp3) is 0.474. The second-order valence-corrected chi connectivity index (χ2v) is 7.13. The van der Waals surface area contributed by atoms with Crippen LogP contribution in [0.4, 0.5) is 10.6 Å². The van der Waals surface area contributed by atoms with Crippen LogP contribution in [0.1, 0.15) is 31.9 Å². The summed E-state index contributed by atoms with van der Waals surface area (Å²) in [6, 6.07) is 7.86. The van der Waals surface area contributed by atoms with E-state index in [-0.39, 0.29) is 0 Å². The van der Waals surface area contributed by atoms with E-state index in [1.807, 2.05) is 52.0 Å². The number of hydrogen-bond acceptors (Lipinski definition) is 5. The minimum atomic E-state index is -0.507. The highest BCUT2D eigenvalue weighted by Gasteiger charge is 2.16. The Hall–Kier alpha value is -2.54. The van der Waals surface area contributed by atoms with E-state index in [0.29, 0.717) is 25.5 Å². The van der Waals surface area contributed by atoms with Gasteiger partial charge in [0, 0.05) is 24.8 Å². The average molecular weight is 360 g/mol. The molecular weight excluding hydrogens is 332 g/mol. The van der Waals surface area contributed by atoms with Gasteiger partial charge in [0.2, 0.25) is 0 Å². The number of carbonyl (C=O) groups excluding carboxylic acids is 1. The lowest BCUT2D eigenvalue weighted by atomic mass is 10.1. The van der Waals surface area contributed by atoms with Crippen molar-refractivity contribution in [3.8, 4) is 11.3 Å². The van der Waals surface area contributed by atoms with Gasteiger partial charge in [-0.25, -0.2) is 9.48 Å². The number of carbonyl (C=O) groups is 1. The zero-order valence-electron chi connectivity index (χ0n) is 16.1.